The van der Waals surface area contributed by atoms with Crippen LogP contribution >= 0.6 is 22.9 Å². The molecule has 3 aromatic heterocycles. The summed E-state index contributed by atoms with van der Waals surface area (Å²) < 4.78 is 2.51. The van der Waals surface area contributed by atoms with Crippen LogP contribution in [0.1, 0.15) is 11.3 Å². The molecule has 112 valence electrons. The molecule has 0 aliphatic rings. The van der Waals surface area contributed by atoms with Crippen molar-refractivity contribution in [2.75, 3.05) is 11.9 Å². The number of fused-ring (bicyclic) bond motifs is 1. The first-order valence-electron chi connectivity index (χ1n) is 6.68. The Labute approximate surface area is 136 Å². The topological polar surface area (TPSA) is 70.6 Å². The summed E-state index contributed by atoms with van der Waals surface area (Å²) in [5.41, 5.74) is 0.747. The van der Waals surface area contributed by atoms with E-state index >= 15 is 0 Å². The Kier molecular flexibility index (Phi) is 4.22. The lowest BCUT2D eigenvalue weighted by Gasteiger charge is -2.17. The largest absolute Gasteiger partial charge is 0.354 e. The molecule has 0 bridgehead atoms. The highest BCUT2D eigenvalue weighted by Gasteiger charge is 2.13. The number of anilines is 1. The predicted molar refractivity (Wildman–Crippen MR) is 87.0 cm³/mol. The molecule has 0 spiro atoms. The molecule has 0 saturated heterocycles. The van der Waals surface area contributed by atoms with Crippen molar-refractivity contribution in [2.24, 2.45) is 0 Å². The van der Waals surface area contributed by atoms with E-state index in [-0.39, 0.29) is 0 Å². The fourth-order valence-corrected chi connectivity index (χ4v) is 3.39. The standard InChI is InChI=1S/C14H13ClN6S/c1-20(8-10-3-4-12(15)22-10)13-11-7-19-21(6-2-5-16)14(11)18-9-17-13/h3-4,7,9H,2,6,8H2,1H3. The first-order valence-corrected chi connectivity index (χ1v) is 7.87. The predicted octanol–water partition coefficient (Wildman–Crippen LogP) is 3.09. The summed E-state index contributed by atoms with van der Waals surface area (Å²) in [7, 11) is 1.97. The Hall–Kier alpha value is -2.17. The minimum Gasteiger partial charge on any atom is -0.354 e. The number of hydrogen-bond acceptors (Lipinski definition) is 6. The molecule has 0 radical (unpaired) electrons. The van der Waals surface area contributed by atoms with E-state index in [1.165, 1.54) is 6.33 Å². The van der Waals surface area contributed by atoms with Gasteiger partial charge in [-0.2, -0.15) is 10.4 Å². The van der Waals surface area contributed by atoms with Crippen LogP contribution in [-0.2, 0) is 13.1 Å². The summed E-state index contributed by atoms with van der Waals surface area (Å²) in [5.74, 6) is 0.817. The highest BCUT2D eigenvalue weighted by molar-refractivity contribution is 7.16. The minimum absolute atomic E-state index is 0.402. The first-order chi connectivity index (χ1) is 10.7. The summed E-state index contributed by atoms with van der Waals surface area (Å²) in [4.78, 5) is 11.9. The maximum absolute atomic E-state index is 8.70. The number of nitriles is 1. The zero-order chi connectivity index (χ0) is 15.5. The molecular weight excluding hydrogens is 320 g/mol. The molecule has 6 nitrogen and oxygen atoms in total. The second-order valence-corrected chi connectivity index (χ2v) is 6.57. The summed E-state index contributed by atoms with van der Waals surface area (Å²) in [5, 5.41) is 13.9. The Balaban J connectivity index is 1.90. The van der Waals surface area contributed by atoms with E-state index in [9.17, 15) is 0 Å². The zero-order valence-corrected chi connectivity index (χ0v) is 13.5. The Morgan fingerprint density at radius 2 is 2.27 bits per heavy atom. The summed E-state index contributed by atoms with van der Waals surface area (Å²) in [6.45, 7) is 1.24. The number of hydrogen-bond donors (Lipinski definition) is 0. The molecule has 0 amide bonds. The molecule has 3 rings (SSSR count). The van der Waals surface area contributed by atoms with Crippen LogP contribution in [0.5, 0.6) is 0 Å². The Bertz CT molecular complexity index is 833. The fourth-order valence-electron chi connectivity index (χ4n) is 2.25. The van der Waals surface area contributed by atoms with Gasteiger partial charge >= 0.3 is 0 Å². The van der Waals surface area contributed by atoms with Gasteiger partial charge in [0.2, 0.25) is 0 Å². The third-order valence-corrected chi connectivity index (χ3v) is 4.45. The molecule has 3 heterocycles. The van der Waals surface area contributed by atoms with Crippen molar-refractivity contribution in [3.63, 3.8) is 0 Å². The van der Waals surface area contributed by atoms with E-state index in [1.807, 2.05) is 24.1 Å². The van der Waals surface area contributed by atoms with Gasteiger partial charge < -0.3 is 4.90 Å². The first kappa shape index (κ1) is 14.8. The van der Waals surface area contributed by atoms with Crippen molar-refractivity contribution in [1.29, 1.82) is 5.26 Å². The van der Waals surface area contributed by atoms with Crippen LogP contribution in [0.15, 0.2) is 24.7 Å². The third-order valence-electron chi connectivity index (χ3n) is 3.23. The second kappa shape index (κ2) is 6.30. The molecule has 0 aliphatic heterocycles. The fraction of sp³-hybridized carbons (Fsp3) is 0.286. The third kappa shape index (κ3) is 2.89. The van der Waals surface area contributed by atoms with Gasteiger partial charge in [-0.05, 0) is 12.1 Å². The highest BCUT2D eigenvalue weighted by atomic mass is 35.5. The van der Waals surface area contributed by atoms with Crippen molar-refractivity contribution in [3.8, 4) is 6.07 Å². The van der Waals surface area contributed by atoms with E-state index in [0.29, 0.717) is 19.5 Å². The SMILES string of the molecule is CN(Cc1ccc(Cl)s1)c1ncnc2c1cnn2CCC#N. The van der Waals surface area contributed by atoms with Crippen molar-refractivity contribution < 1.29 is 0 Å². The number of halogens is 1. The van der Waals surface area contributed by atoms with E-state index in [2.05, 4.69) is 21.1 Å². The Morgan fingerprint density at radius 1 is 1.41 bits per heavy atom. The van der Waals surface area contributed by atoms with Gasteiger partial charge in [-0.25, -0.2) is 14.6 Å². The molecule has 0 aromatic carbocycles. The van der Waals surface area contributed by atoms with Gasteiger partial charge in [0.05, 0.1) is 41.5 Å². The van der Waals surface area contributed by atoms with Gasteiger partial charge in [-0.3, -0.25) is 0 Å². The number of thiophene rings is 1. The summed E-state index contributed by atoms with van der Waals surface area (Å²) in [6, 6.07) is 6.02. The van der Waals surface area contributed by atoms with Crippen molar-refractivity contribution >= 4 is 39.8 Å². The minimum atomic E-state index is 0.402. The van der Waals surface area contributed by atoms with E-state index in [4.69, 9.17) is 16.9 Å². The van der Waals surface area contributed by atoms with Gasteiger partial charge in [0, 0.05) is 11.9 Å². The average molecular weight is 333 g/mol. The van der Waals surface area contributed by atoms with Gasteiger partial charge in [-0.1, -0.05) is 11.6 Å². The molecule has 0 unspecified atom stereocenters. The van der Waals surface area contributed by atoms with E-state index in [1.54, 1.807) is 22.2 Å². The van der Waals surface area contributed by atoms with Crippen LogP contribution in [0.2, 0.25) is 4.34 Å². The van der Waals surface area contributed by atoms with Crippen LogP contribution in [0, 0.1) is 11.3 Å². The zero-order valence-electron chi connectivity index (χ0n) is 11.9. The smallest absolute Gasteiger partial charge is 0.163 e. The number of aryl methyl sites for hydroxylation is 1. The van der Waals surface area contributed by atoms with Crippen molar-refractivity contribution in [2.45, 2.75) is 19.5 Å². The van der Waals surface area contributed by atoms with Crippen LogP contribution in [0.3, 0.4) is 0 Å². The lowest BCUT2D eigenvalue weighted by Crippen LogP contribution is -2.17. The van der Waals surface area contributed by atoms with Crippen LogP contribution < -0.4 is 4.90 Å². The lowest BCUT2D eigenvalue weighted by atomic mass is 10.3. The maximum atomic E-state index is 8.70. The second-order valence-electron chi connectivity index (χ2n) is 4.77. The monoisotopic (exact) mass is 332 g/mol. The molecule has 22 heavy (non-hydrogen) atoms. The normalized spacial score (nSPS) is 10.8. The molecule has 0 N–H and O–H groups in total. The number of aromatic nitrogens is 4. The molecule has 8 heteroatoms. The van der Waals surface area contributed by atoms with Crippen LogP contribution in [-0.4, -0.2) is 26.8 Å². The number of nitrogens with zero attached hydrogens (tertiary/aromatic N) is 6. The quantitative estimate of drug-likeness (QED) is 0.718. The molecule has 0 saturated carbocycles. The average Bonchev–Trinajstić information content (AvgIpc) is 3.11. The van der Waals surface area contributed by atoms with Crippen molar-refractivity contribution in [3.05, 3.63) is 33.9 Å². The maximum Gasteiger partial charge on any atom is 0.163 e. The molecule has 0 fully saturated rings. The number of rotatable bonds is 5. The molecule has 3 aromatic rings. The summed E-state index contributed by atoms with van der Waals surface area (Å²) >= 11 is 7.53. The van der Waals surface area contributed by atoms with E-state index < -0.39 is 0 Å². The van der Waals surface area contributed by atoms with Gasteiger partial charge in [0.1, 0.15) is 12.1 Å². The Morgan fingerprint density at radius 3 is 3.00 bits per heavy atom. The van der Waals surface area contributed by atoms with Crippen LogP contribution in [0.4, 0.5) is 5.82 Å². The highest BCUT2D eigenvalue weighted by Crippen LogP contribution is 2.26. The molecule has 0 atom stereocenters. The summed E-state index contributed by atoms with van der Waals surface area (Å²) in [6.07, 6.45) is 3.68. The van der Waals surface area contributed by atoms with Crippen LogP contribution in [0.25, 0.3) is 11.0 Å². The van der Waals surface area contributed by atoms with Crippen molar-refractivity contribution in [1.82, 2.24) is 19.7 Å². The van der Waals surface area contributed by atoms with Gasteiger partial charge in [0.25, 0.3) is 0 Å². The lowest BCUT2D eigenvalue weighted by molar-refractivity contribution is 0.643. The molecule has 0 aliphatic carbocycles. The molecular formula is C14H13ClN6S. The van der Waals surface area contributed by atoms with Gasteiger partial charge in [-0.15, -0.1) is 11.3 Å². The van der Waals surface area contributed by atoms with Gasteiger partial charge in [0.15, 0.2) is 5.65 Å². The van der Waals surface area contributed by atoms with E-state index in [0.717, 1.165) is 26.1 Å².